The summed E-state index contributed by atoms with van der Waals surface area (Å²) < 4.78 is 0. The van der Waals surface area contributed by atoms with Crippen molar-refractivity contribution in [2.24, 2.45) is 0 Å². The van der Waals surface area contributed by atoms with Gasteiger partial charge in [0.1, 0.15) is 0 Å². The van der Waals surface area contributed by atoms with Gasteiger partial charge in [-0.05, 0) is 0 Å². The highest BCUT2D eigenvalue weighted by atomic mass is 16.2. The standard InChI is InChI=1S/C3H4NO2/c1-3(6)4-2-5/h2H,1H2,(H,4,5,6). The second-order valence-corrected chi connectivity index (χ2v) is 0.685. The number of carbonyl (C=O) groups is 2. The van der Waals surface area contributed by atoms with Gasteiger partial charge in [0.2, 0.25) is 12.3 Å². The summed E-state index contributed by atoms with van der Waals surface area (Å²) in [6, 6.07) is 0. The molecule has 3 nitrogen and oxygen atoms in total. The molecule has 0 fully saturated rings. The number of hydrogen-bond acceptors (Lipinski definition) is 2. The highest BCUT2D eigenvalue weighted by Crippen LogP contribution is 1.45. The predicted molar refractivity (Wildman–Crippen MR) is 19.6 cm³/mol. The third kappa shape index (κ3) is 3.14. The van der Waals surface area contributed by atoms with E-state index < -0.39 is 5.91 Å². The molecule has 2 amide bonds. The molecule has 0 aromatic rings. The first-order chi connectivity index (χ1) is 2.77. The van der Waals surface area contributed by atoms with Crippen molar-refractivity contribution < 1.29 is 9.59 Å². The van der Waals surface area contributed by atoms with E-state index in [1.807, 2.05) is 0 Å². The molecule has 6 heavy (non-hydrogen) atoms. The Labute approximate surface area is 35.3 Å². The molecule has 1 radical (unpaired) electrons. The van der Waals surface area contributed by atoms with Crippen LogP contribution >= 0.6 is 0 Å². The lowest BCUT2D eigenvalue weighted by Gasteiger charge is -1.78. The summed E-state index contributed by atoms with van der Waals surface area (Å²) in [5, 5.41) is 1.78. The van der Waals surface area contributed by atoms with Crippen LogP contribution in [0.25, 0.3) is 0 Å². The summed E-state index contributed by atoms with van der Waals surface area (Å²) in [6.07, 6.45) is 0.287. The smallest absolute Gasteiger partial charge is 0.226 e. The molecule has 0 unspecified atom stereocenters. The molecule has 0 bridgehead atoms. The minimum Gasteiger partial charge on any atom is -0.299 e. The molecule has 0 aromatic heterocycles. The van der Waals surface area contributed by atoms with Crippen LogP contribution < -0.4 is 5.32 Å². The van der Waals surface area contributed by atoms with Gasteiger partial charge in [-0.15, -0.1) is 0 Å². The molecule has 1 N–H and O–H groups in total. The van der Waals surface area contributed by atoms with Crippen molar-refractivity contribution in [2.45, 2.75) is 0 Å². The highest BCUT2D eigenvalue weighted by molar-refractivity contribution is 5.88. The van der Waals surface area contributed by atoms with E-state index in [4.69, 9.17) is 0 Å². The fraction of sp³-hybridized carbons (Fsp3) is 0. The Balaban J connectivity index is 3.05. The molecule has 0 spiro atoms. The predicted octanol–water partition coefficient (Wildman–Crippen LogP) is -0.907. The highest BCUT2D eigenvalue weighted by Gasteiger charge is 1.79. The lowest BCUT2D eigenvalue weighted by atomic mass is 10.7. The van der Waals surface area contributed by atoms with Crippen molar-refractivity contribution in [3.05, 3.63) is 6.92 Å². The van der Waals surface area contributed by atoms with E-state index in [0.717, 1.165) is 0 Å². The molecule has 33 valence electrons. The minimum atomic E-state index is -0.579. The van der Waals surface area contributed by atoms with E-state index >= 15 is 0 Å². The SMILES string of the molecule is [CH2]C(=O)NC=O. The minimum absolute atomic E-state index is 0.287. The van der Waals surface area contributed by atoms with Gasteiger partial charge >= 0.3 is 0 Å². The Bertz CT molecular complexity index is 69.2. The molecule has 3 heteroatoms. The third-order valence-electron chi connectivity index (χ3n) is 0.220. The van der Waals surface area contributed by atoms with Gasteiger partial charge in [0.15, 0.2) is 0 Å². The molecule has 0 aliphatic heterocycles. The van der Waals surface area contributed by atoms with Crippen LogP contribution in [0.2, 0.25) is 0 Å². The number of carbonyl (C=O) groups excluding carboxylic acids is 2. The zero-order valence-corrected chi connectivity index (χ0v) is 3.10. The maximum Gasteiger partial charge on any atom is 0.226 e. The third-order valence-corrected chi connectivity index (χ3v) is 0.220. The van der Waals surface area contributed by atoms with Crippen LogP contribution in [0.3, 0.4) is 0 Å². The van der Waals surface area contributed by atoms with Crippen LogP contribution in [0, 0.1) is 6.92 Å². The topological polar surface area (TPSA) is 46.2 Å². The summed E-state index contributed by atoms with van der Waals surface area (Å²) >= 11 is 0. The van der Waals surface area contributed by atoms with Crippen LogP contribution in [0.1, 0.15) is 0 Å². The molecule has 0 aromatic carbocycles. The van der Waals surface area contributed by atoms with Crippen molar-refractivity contribution in [2.75, 3.05) is 0 Å². The number of rotatable bonds is 1. The molecule has 0 saturated heterocycles. The first kappa shape index (κ1) is 5.14. The molecule has 0 atom stereocenters. The van der Waals surface area contributed by atoms with Crippen LogP contribution in [0.5, 0.6) is 0 Å². The van der Waals surface area contributed by atoms with Crippen molar-refractivity contribution in [1.82, 2.24) is 5.32 Å². The Hall–Kier alpha value is -0.860. The van der Waals surface area contributed by atoms with Gasteiger partial charge in [-0.3, -0.25) is 14.9 Å². The number of imide groups is 1. The average Bonchev–Trinajstić information content (AvgIpc) is 1.35. The van der Waals surface area contributed by atoms with Crippen LogP contribution in [0.4, 0.5) is 0 Å². The Morgan fingerprint density at radius 2 is 2.33 bits per heavy atom. The van der Waals surface area contributed by atoms with E-state index in [2.05, 4.69) is 6.92 Å². The lowest BCUT2D eigenvalue weighted by molar-refractivity contribution is -0.121. The van der Waals surface area contributed by atoms with Gasteiger partial charge in [0, 0.05) is 6.92 Å². The zero-order valence-electron chi connectivity index (χ0n) is 3.10. The normalized spacial score (nSPS) is 6.83. The van der Waals surface area contributed by atoms with Gasteiger partial charge in [0.05, 0.1) is 0 Å². The zero-order chi connectivity index (χ0) is 4.99. The maximum atomic E-state index is 9.59. The van der Waals surface area contributed by atoms with Crippen LogP contribution in [0.15, 0.2) is 0 Å². The van der Waals surface area contributed by atoms with Crippen molar-refractivity contribution in [1.29, 1.82) is 0 Å². The van der Waals surface area contributed by atoms with E-state index in [9.17, 15) is 9.59 Å². The molecular formula is C3H4NO2. The second kappa shape index (κ2) is 2.38. The first-order valence-corrected chi connectivity index (χ1v) is 1.33. The molecular weight excluding hydrogens is 82.0 g/mol. The molecule has 0 saturated carbocycles. The Morgan fingerprint density at radius 1 is 1.83 bits per heavy atom. The van der Waals surface area contributed by atoms with Gasteiger partial charge < -0.3 is 0 Å². The molecule has 0 heterocycles. The summed E-state index contributed by atoms with van der Waals surface area (Å²) in [4.78, 5) is 18.8. The van der Waals surface area contributed by atoms with E-state index in [1.165, 1.54) is 0 Å². The number of hydrogen-bond donors (Lipinski definition) is 1. The fourth-order valence-corrected chi connectivity index (χ4v) is 0.0657. The van der Waals surface area contributed by atoms with E-state index in [1.54, 1.807) is 5.32 Å². The van der Waals surface area contributed by atoms with Gasteiger partial charge in [-0.1, -0.05) is 0 Å². The summed E-state index contributed by atoms with van der Waals surface area (Å²) in [6.45, 7) is 2.85. The quantitative estimate of drug-likeness (QED) is 0.420. The monoisotopic (exact) mass is 86.0 g/mol. The Morgan fingerprint density at radius 3 is 2.33 bits per heavy atom. The summed E-state index contributed by atoms with van der Waals surface area (Å²) in [5.41, 5.74) is 0. The molecule has 0 aliphatic rings. The second-order valence-electron chi connectivity index (χ2n) is 0.685. The van der Waals surface area contributed by atoms with Gasteiger partial charge in [-0.2, -0.15) is 0 Å². The van der Waals surface area contributed by atoms with Crippen molar-refractivity contribution in [3.63, 3.8) is 0 Å². The largest absolute Gasteiger partial charge is 0.299 e. The maximum absolute atomic E-state index is 9.59. The number of nitrogens with one attached hydrogen (secondary N) is 1. The lowest BCUT2D eigenvalue weighted by Crippen LogP contribution is -2.16. The van der Waals surface area contributed by atoms with E-state index in [0.29, 0.717) is 0 Å². The van der Waals surface area contributed by atoms with Crippen LogP contribution in [-0.2, 0) is 9.59 Å². The molecule has 0 aliphatic carbocycles. The Kier molecular flexibility index (Phi) is 2.04. The summed E-state index contributed by atoms with van der Waals surface area (Å²) in [5.74, 6) is -0.579. The summed E-state index contributed by atoms with van der Waals surface area (Å²) in [7, 11) is 0. The van der Waals surface area contributed by atoms with Gasteiger partial charge in [0.25, 0.3) is 0 Å². The van der Waals surface area contributed by atoms with Crippen molar-refractivity contribution in [3.8, 4) is 0 Å². The molecule has 0 rings (SSSR count). The van der Waals surface area contributed by atoms with Gasteiger partial charge in [-0.25, -0.2) is 0 Å². The fourth-order valence-electron chi connectivity index (χ4n) is 0.0657. The van der Waals surface area contributed by atoms with Crippen molar-refractivity contribution >= 4 is 12.3 Å². The number of amides is 2. The average molecular weight is 86.1 g/mol. The van der Waals surface area contributed by atoms with Crippen LogP contribution in [-0.4, -0.2) is 12.3 Å². The van der Waals surface area contributed by atoms with E-state index in [-0.39, 0.29) is 6.41 Å². The first-order valence-electron chi connectivity index (χ1n) is 1.33.